The Labute approximate surface area is 157 Å². The third-order valence-corrected chi connectivity index (χ3v) is 6.02. The van der Waals surface area contributed by atoms with Gasteiger partial charge < -0.3 is 14.7 Å². The molecule has 2 aliphatic rings. The number of amides is 2. The highest BCUT2D eigenvalue weighted by molar-refractivity contribution is 7.07. The van der Waals surface area contributed by atoms with Crippen molar-refractivity contribution in [2.24, 2.45) is 0 Å². The molecule has 2 aliphatic heterocycles. The summed E-state index contributed by atoms with van der Waals surface area (Å²) < 4.78 is 0. The minimum Gasteiger partial charge on any atom is -0.328 e. The topological polar surface area (TPSA) is 45.1 Å². The quantitative estimate of drug-likeness (QED) is 0.885. The van der Waals surface area contributed by atoms with E-state index in [9.17, 15) is 9.59 Å². The largest absolute Gasteiger partial charge is 0.328 e. The Morgan fingerprint density at radius 3 is 2.62 bits per heavy atom. The lowest BCUT2D eigenvalue weighted by Crippen LogP contribution is -3.13. The molecular weight excluding hydrogens is 346 g/mol. The number of carbonyl (C=O) groups is 2. The molecule has 2 amide bonds. The van der Waals surface area contributed by atoms with Gasteiger partial charge in [0.2, 0.25) is 5.91 Å². The standard InChI is InChI=1S/C20H23N3O2S/c24-19-6-3-8-23(19)18-5-2-1-4-17(18)20(25)22-11-9-21(10-12-22)14-16-7-13-26-15-16/h1-2,4-5,7,13,15H,3,6,8-12,14H2/p+1. The lowest BCUT2D eigenvalue weighted by Gasteiger charge is -2.33. The van der Waals surface area contributed by atoms with E-state index in [1.54, 1.807) is 16.2 Å². The molecule has 0 bridgehead atoms. The van der Waals surface area contributed by atoms with Gasteiger partial charge in [-0.25, -0.2) is 0 Å². The summed E-state index contributed by atoms with van der Waals surface area (Å²) in [5.41, 5.74) is 2.81. The van der Waals surface area contributed by atoms with Crippen molar-refractivity contribution in [3.8, 4) is 0 Å². The van der Waals surface area contributed by atoms with Crippen LogP contribution in [0.3, 0.4) is 0 Å². The molecule has 136 valence electrons. The van der Waals surface area contributed by atoms with Crippen molar-refractivity contribution in [3.63, 3.8) is 0 Å². The number of hydrogen-bond donors (Lipinski definition) is 1. The predicted octanol–water partition coefficient (Wildman–Crippen LogP) is 1.42. The van der Waals surface area contributed by atoms with Crippen molar-refractivity contribution >= 4 is 28.8 Å². The molecule has 4 rings (SSSR count). The molecule has 6 heteroatoms. The molecule has 0 unspecified atom stereocenters. The van der Waals surface area contributed by atoms with Crippen molar-refractivity contribution in [1.29, 1.82) is 0 Å². The Morgan fingerprint density at radius 1 is 1.12 bits per heavy atom. The van der Waals surface area contributed by atoms with E-state index in [1.807, 2.05) is 29.2 Å². The van der Waals surface area contributed by atoms with Gasteiger partial charge in [0.15, 0.2) is 0 Å². The van der Waals surface area contributed by atoms with E-state index in [1.165, 1.54) is 10.5 Å². The van der Waals surface area contributed by atoms with Crippen LogP contribution in [0.5, 0.6) is 0 Å². The second-order valence-corrected chi connectivity index (χ2v) is 7.80. The summed E-state index contributed by atoms with van der Waals surface area (Å²) in [7, 11) is 0. The Hall–Kier alpha value is -2.18. The third kappa shape index (κ3) is 3.52. The molecule has 0 spiro atoms. The number of anilines is 1. The summed E-state index contributed by atoms with van der Waals surface area (Å²) >= 11 is 1.73. The monoisotopic (exact) mass is 370 g/mol. The highest BCUT2D eigenvalue weighted by Crippen LogP contribution is 2.26. The molecule has 3 heterocycles. The van der Waals surface area contributed by atoms with Crippen LogP contribution in [0.1, 0.15) is 28.8 Å². The number of quaternary nitrogens is 1. The Balaban J connectivity index is 1.43. The number of nitrogens with zero attached hydrogens (tertiary/aromatic N) is 2. The highest BCUT2D eigenvalue weighted by atomic mass is 32.1. The lowest BCUT2D eigenvalue weighted by molar-refractivity contribution is -0.917. The molecule has 0 aliphatic carbocycles. The van der Waals surface area contributed by atoms with Gasteiger partial charge in [-0.15, -0.1) is 0 Å². The van der Waals surface area contributed by atoms with Gasteiger partial charge in [0, 0.05) is 18.5 Å². The first-order valence-corrected chi connectivity index (χ1v) is 10.2. The molecule has 5 nitrogen and oxygen atoms in total. The Kier molecular flexibility index (Phi) is 5.04. The van der Waals surface area contributed by atoms with E-state index >= 15 is 0 Å². The average Bonchev–Trinajstić information content (AvgIpc) is 3.33. The van der Waals surface area contributed by atoms with Crippen LogP contribution in [0.25, 0.3) is 0 Å². The van der Waals surface area contributed by atoms with Crippen molar-refractivity contribution in [2.75, 3.05) is 37.6 Å². The van der Waals surface area contributed by atoms with Gasteiger partial charge in [0.25, 0.3) is 5.91 Å². The van der Waals surface area contributed by atoms with Gasteiger partial charge in [0.1, 0.15) is 6.54 Å². The van der Waals surface area contributed by atoms with Crippen LogP contribution in [0, 0.1) is 0 Å². The third-order valence-electron chi connectivity index (χ3n) is 5.29. The van der Waals surface area contributed by atoms with Crippen LogP contribution in [-0.4, -0.2) is 49.4 Å². The lowest BCUT2D eigenvalue weighted by atomic mass is 10.1. The number of piperazine rings is 1. The van der Waals surface area contributed by atoms with Crippen LogP contribution in [0.2, 0.25) is 0 Å². The van der Waals surface area contributed by atoms with E-state index in [2.05, 4.69) is 16.8 Å². The van der Waals surface area contributed by atoms with Crippen molar-refractivity contribution in [1.82, 2.24) is 4.90 Å². The fourth-order valence-electron chi connectivity index (χ4n) is 3.85. The molecule has 0 atom stereocenters. The maximum Gasteiger partial charge on any atom is 0.256 e. The van der Waals surface area contributed by atoms with Crippen molar-refractivity contribution in [2.45, 2.75) is 19.4 Å². The molecule has 2 saturated heterocycles. The second kappa shape index (κ2) is 7.60. The minimum atomic E-state index is 0.0508. The first-order chi connectivity index (χ1) is 12.7. The fourth-order valence-corrected chi connectivity index (χ4v) is 4.52. The summed E-state index contributed by atoms with van der Waals surface area (Å²) in [6, 6.07) is 9.72. The number of thiophene rings is 1. The van der Waals surface area contributed by atoms with E-state index in [4.69, 9.17) is 0 Å². The zero-order chi connectivity index (χ0) is 17.9. The summed E-state index contributed by atoms with van der Waals surface area (Å²) in [6.07, 6.45) is 1.44. The first kappa shape index (κ1) is 17.2. The van der Waals surface area contributed by atoms with Crippen molar-refractivity contribution < 1.29 is 14.5 Å². The minimum absolute atomic E-state index is 0.0508. The molecule has 1 aromatic carbocycles. The first-order valence-electron chi connectivity index (χ1n) is 9.25. The van der Waals surface area contributed by atoms with Crippen LogP contribution in [-0.2, 0) is 11.3 Å². The molecule has 1 aromatic heterocycles. The number of carbonyl (C=O) groups excluding carboxylic acids is 2. The number of nitrogens with one attached hydrogen (secondary N) is 1. The molecule has 0 radical (unpaired) electrons. The normalized spacial score (nSPS) is 18.5. The van der Waals surface area contributed by atoms with Gasteiger partial charge >= 0.3 is 0 Å². The van der Waals surface area contributed by atoms with Gasteiger partial charge in [-0.2, -0.15) is 11.3 Å². The summed E-state index contributed by atoms with van der Waals surface area (Å²) in [5.74, 6) is 0.171. The van der Waals surface area contributed by atoms with Gasteiger partial charge in [-0.1, -0.05) is 12.1 Å². The molecule has 1 N–H and O–H groups in total. The van der Waals surface area contributed by atoms with Gasteiger partial charge in [0.05, 0.1) is 37.4 Å². The predicted molar refractivity (Wildman–Crippen MR) is 103 cm³/mol. The maximum atomic E-state index is 13.1. The highest BCUT2D eigenvalue weighted by Gasteiger charge is 2.29. The van der Waals surface area contributed by atoms with E-state index < -0.39 is 0 Å². The van der Waals surface area contributed by atoms with E-state index in [0.717, 1.165) is 44.8 Å². The molecule has 26 heavy (non-hydrogen) atoms. The number of rotatable bonds is 4. The molecule has 0 saturated carbocycles. The number of hydrogen-bond acceptors (Lipinski definition) is 3. The summed E-state index contributed by atoms with van der Waals surface area (Å²) in [6.45, 7) is 5.20. The SMILES string of the molecule is O=C(c1ccccc1N1CCCC1=O)N1CC[NH+](Cc2ccsc2)CC1. The van der Waals surface area contributed by atoms with E-state index in [0.29, 0.717) is 18.5 Å². The van der Waals surface area contributed by atoms with Crippen LogP contribution >= 0.6 is 11.3 Å². The number of benzene rings is 1. The Bertz CT molecular complexity index is 782. The zero-order valence-electron chi connectivity index (χ0n) is 14.8. The molecular formula is C20H24N3O2S+. The zero-order valence-corrected chi connectivity index (χ0v) is 15.6. The summed E-state index contributed by atoms with van der Waals surface area (Å²) in [4.78, 5) is 30.4. The van der Waals surface area contributed by atoms with Crippen molar-refractivity contribution in [3.05, 3.63) is 52.2 Å². The van der Waals surface area contributed by atoms with Crippen LogP contribution in [0.4, 0.5) is 5.69 Å². The van der Waals surface area contributed by atoms with E-state index in [-0.39, 0.29) is 11.8 Å². The fraction of sp³-hybridized carbons (Fsp3) is 0.400. The molecule has 2 fully saturated rings. The second-order valence-electron chi connectivity index (χ2n) is 7.02. The summed E-state index contributed by atoms with van der Waals surface area (Å²) in [5, 5.41) is 4.32. The maximum absolute atomic E-state index is 13.1. The van der Waals surface area contributed by atoms with Crippen LogP contribution < -0.4 is 9.80 Å². The average molecular weight is 370 g/mol. The number of para-hydroxylation sites is 1. The van der Waals surface area contributed by atoms with Gasteiger partial charge in [-0.05, 0) is 35.4 Å². The van der Waals surface area contributed by atoms with Crippen LogP contribution in [0.15, 0.2) is 41.1 Å². The smallest absolute Gasteiger partial charge is 0.256 e. The van der Waals surface area contributed by atoms with Gasteiger partial charge in [-0.3, -0.25) is 9.59 Å². The Morgan fingerprint density at radius 2 is 1.92 bits per heavy atom. The molecule has 2 aromatic rings.